The van der Waals surface area contributed by atoms with E-state index in [9.17, 15) is 4.79 Å². The van der Waals surface area contributed by atoms with Crippen molar-refractivity contribution in [2.24, 2.45) is 0 Å². The Kier molecular flexibility index (Phi) is 5.89. The predicted molar refractivity (Wildman–Crippen MR) is 107 cm³/mol. The number of benzene rings is 2. The topological polar surface area (TPSA) is 49.5 Å². The van der Waals surface area contributed by atoms with E-state index in [1.54, 1.807) is 0 Å². The van der Waals surface area contributed by atoms with Gasteiger partial charge in [-0.15, -0.1) is 0 Å². The average molecular weight is 349 g/mol. The first kappa shape index (κ1) is 18.4. The molecule has 0 aliphatic heterocycles. The molecule has 0 fully saturated rings. The normalized spacial score (nSPS) is 13.7. The van der Waals surface area contributed by atoms with Gasteiger partial charge in [0.25, 0.3) is 0 Å². The zero-order chi connectivity index (χ0) is 18.5. The van der Waals surface area contributed by atoms with Gasteiger partial charge in [0.15, 0.2) is 6.04 Å². The maximum Gasteiger partial charge on any atom is 0.226 e. The van der Waals surface area contributed by atoms with Gasteiger partial charge in [-0.05, 0) is 25.3 Å². The summed E-state index contributed by atoms with van der Waals surface area (Å²) < 4.78 is 0. The van der Waals surface area contributed by atoms with Crippen LogP contribution in [0.15, 0.2) is 54.7 Å². The highest BCUT2D eigenvalue weighted by atomic mass is 16.1. The third-order valence-electron chi connectivity index (χ3n) is 5.15. The van der Waals surface area contributed by atoms with E-state index in [-0.39, 0.29) is 11.8 Å². The molecule has 0 unspecified atom stereocenters. The molecule has 26 heavy (non-hydrogen) atoms. The van der Waals surface area contributed by atoms with Crippen LogP contribution >= 0.6 is 0 Å². The first-order valence-electron chi connectivity index (χ1n) is 9.68. The molecule has 0 amide bonds. The van der Waals surface area contributed by atoms with Gasteiger partial charge in [-0.25, -0.2) is 0 Å². The summed E-state index contributed by atoms with van der Waals surface area (Å²) in [6, 6.07) is 16.6. The van der Waals surface area contributed by atoms with E-state index in [1.165, 1.54) is 5.56 Å². The number of aryl methyl sites for hydroxylation is 1. The standard InChI is InChI=1S/C23H28N2O/c1-4-10-16(3)25-22(18-11-7-6-8-12-18)23(26)20-15-24-21-17(5-2)13-9-14-19(20)21/h6-9,11-16,22,24-25H,4-5,10H2,1-3H3/p+1/t16-,22-/m0/s1. The van der Waals surface area contributed by atoms with Gasteiger partial charge in [0.05, 0.1) is 6.04 Å². The Hall–Kier alpha value is -2.39. The van der Waals surface area contributed by atoms with Crippen molar-refractivity contribution in [3.8, 4) is 0 Å². The SMILES string of the molecule is CCC[C@H](C)[NH2+][C@H](C(=O)c1c[nH]c2c(CC)cccc12)c1ccccc1. The monoisotopic (exact) mass is 349 g/mol. The number of hydrogen-bond donors (Lipinski definition) is 2. The molecule has 3 heteroatoms. The number of nitrogens with two attached hydrogens (primary N) is 1. The Balaban J connectivity index is 2.00. The fraction of sp³-hybridized carbons (Fsp3) is 0.348. The number of fused-ring (bicyclic) bond motifs is 1. The Morgan fingerprint density at radius 1 is 1.08 bits per heavy atom. The van der Waals surface area contributed by atoms with Crippen molar-refractivity contribution in [1.82, 2.24) is 4.98 Å². The quantitative estimate of drug-likeness (QED) is 0.582. The lowest BCUT2D eigenvalue weighted by Gasteiger charge is -2.19. The highest BCUT2D eigenvalue weighted by molar-refractivity contribution is 6.10. The number of quaternary nitrogens is 1. The van der Waals surface area contributed by atoms with Gasteiger partial charge in [0, 0.05) is 28.2 Å². The molecule has 3 rings (SSSR count). The highest BCUT2D eigenvalue weighted by Gasteiger charge is 2.29. The molecule has 0 radical (unpaired) electrons. The number of ketones is 1. The molecule has 3 N–H and O–H groups in total. The van der Waals surface area contributed by atoms with E-state index in [4.69, 9.17) is 0 Å². The average Bonchev–Trinajstić information content (AvgIpc) is 3.10. The number of H-pyrrole nitrogens is 1. The summed E-state index contributed by atoms with van der Waals surface area (Å²) in [5.74, 6) is 0.179. The van der Waals surface area contributed by atoms with Crippen LogP contribution in [0.4, 0.5) is 0 Å². The van der Waals surface area contributed by atoms with Crippen molar-refractivity contribution in [2.75, 3.05) is 0 Å². The Bertz CT molecular complexity index is 866. The van der Waals surface area contributed by atoms with Crippen LogP contribution < -0.4 is 5.32 Å². The Morgan fingerprint density at radius 3 is 2.54 bits per heavy atom. The summed E-state index contributed by atoms with van der Waals surface area (Å²) in [5.41, 5.74) is 4.21. The van der Waals surface area contributed by atoms with Crippen LogP contribution in [0, 0.1) is 0 Å². The predicted octanol–water partition coefficient (Wildman–Crippen LogP) is 4.41. The smallest absolute Gasteiger partial charge is 0.226 e. The van der Waals surface area contributed by atoms with Crippen molar-refractivity contribution in [1.29, 1.82) is 0 Å². The number of aromatic nitrogens is 1. The minimum Gasteiger partial charge on any atom is -0.360 e. The van der Waals surface area contributed by atoms with E-state index in [2.05, 4.69) is 55.3 Å². The molecule has 0 bridgehead atoms. The number of para-hydroxylation sites is 1. The fourth-order valence-corrected chi connectivity index (χ4v) is 3.77. The molecule has 1 heterocycles. The van der Waals surface area contributed by atoms with Gasteiger partial charge in [-0.2, -0.15) is 0 Å². The summed E-state index contributed by atoms with van der Waals surface area (Å²) in [6.45, 7) is 6.54. The van der Waals surface area contributed by atoms with Crippen LogP contribution in [-0.4, -0.2) is 16.8 Å². The summed E-state index contributed by atoms with van der Waals surface area (Å²) in [5, 5.41) is 3.26. The van der Waals surface area contributed by atoms with Gasteiger partial charge in [0.1, 0.15) is 0 Å². The van der Waals surface area contributed by atoms with Crippen LogP contribution in [0.1, 0.15) is 61.1 Å². The molecule has 0 aliphatic carbocycles. The molecule has 0 saturated carbocycles. The second-order valence-electron chi connectivity index (χ2n) is 7.11. The maximum atomic E-state index is 13.5. The summed E-state index contributed by atoms with van der Waals surface area (Å²) in [6.07, 6.45) is 5.07. The van der Waals surface area contributed by atoms with E-state index in [0.717, 1.165) is 41.3 Å². The second kappa shape index (κ2) is 8.33. The molecule has 0 aliphatic rings. The van der Waals surface area contributed by atoms with E-state index < -0.39 is 0 Å². The molecule has 2 atom stereocenters. The van der Waals surface area contributed by atoms with E-state index >= 15 is 0 Å². The van der Waals surface area contributed by atoms with E-state index in [1.807, 2.05) is 30.5 Å². The lowest BCUT2D eigenvalue weighted by Crippen LogP contribution is -2.91. The number of carbonyl (C=O) groups excluding carboxylic acids is 1. The fourth-order valence-electron chi connectivity index (χ4n) is 3.77. The minimum absolute atomic E-state index is 0.179. The van der Waals surface area contributed by atoms with Crippen molar-refractivity contribution < 1.29 is 10.1 Å². The van der Waals surface area contributed by atoms with Gasteiger partial charge >= 0.3 is 0 Å². The van der Waals surface area contributed by atoms with Crippen LogP contribution in [0.2, 0.25) is 0 Å². The van der Waals surface area contributed by atoms with E-state index in [0.29, 0.717) is 6.04 Å². The number of Topliss-reactive ketones (excluding diaryl/α,β-unsaturated/α-hetero) is 1. The number of nitrogens with one attached hydrogen (secondary N) is 1. The van der Waals surface area contributed by atoms with Gasteiger partial charge in [-0.1, -0.05) is 68.8 Å². The largest absolute Gasteiger partial charge is 0.360 e. The van der Waals surface area contributed by atoms with Crippen LogP contribution in [0.25, 0.3) is 10.9 Å². The first-order valence-corrected chi connectivity index (χ1v) is 9.68. The third-order valence-corrected chi connectivity index (χ3v) is 5.15. The summed E-state index contributed by atoms with van der Waals surface area (Å²) >= 11 is 0. The van der Waals surface area contributed by atoms with Gasteiger partial charge in [-0.3, -0.25) is 4.79 Å². The molecular weight excluding hydrogens is 320 g/mol. The first-order chi connectivity index (χ1) is 12.7. The maximum absolute atomic E-state index is 13.5. The van der Waals surface area contributed by atoms with Gasteiger partial charge < -0.3 is 10.3 Å². The number of rotatable bonds is 8. The van der Waals surface area contributed by atoms with Crippen molar-refractivity contribution in [2.45, 2.75) is 52.1 Å². The second-order valence-corrected chi connectivity index (χ2v) is 7.11. The van der Waals surface area contributed by atoms with Crippen LogP contribution in [-0.2, 0) is 6.42 Å². The summed E-state index contributed by atoms with van der Waals surface area (Å²) in [4.78, 5) is 16.8. The van der Waals surface area contributed by atoms with Crippen molar-refractivity contribution in [3.05, 3.63) is 71.4 Å². The number of hydrogen-bond acceptors (Lipinski definition) is 1. The molecular formula is C23H29N2O+. The van der Waals surface area contributed by atoms with Crippen LogP contribution in [0.5, 0.6) is 0 Å². The molecule has 3 nitrogen and oxygen atoms in total. The zero-order valence-corrected chi connectivity index (χ0v) is 16.0. The Morgan fingerprint density at radius 2 is 1.85 bits per heavy atom. The third kappa shape index (κ3) is 3.73. The number of aromatic amines is 1. The molecule has 2 aromatic carbocycles. The Labute approximate surface area is 155 Å². The number of carbonyl (C=O) groups is 1. The zero-order valence-electron chi connectivity index (χ0n) is 16.0. The molecule has 0 spiro atoms. The molecule has 136 valence electrons. The molecule has 1 aromatic heterocycles. The van der Waals surface area contributed by atoms with Crippen LogP contribution in [0.3, 0.4) is 0 Å². The van der Waals surface area contributed by atoms with Crippen molar-refractivity contribution in [3.63, 3.8) is 0 Å². The molecule has 3 aromatic rings. The lowest BCUT2D eigenvalue weighted by atomic mass is 9.95. The minimum atomic E-state index is -0.206. The molecule has 0 saturated heterocycles. The van der Waals surface area contributed by atoms with Crippen molar-refractivity contribution >= 4 is 16.7 Å². The summed E-state index contributed by atoms with van der Waals surface area (Å²) in [7, 11) is 0. The van der Waals surface area contributed by atoms with Gasteiger partial charge in [0.2, 0.25) is 5.78 Å². The lowest BCUT2D eigenvalue weighted by molar-refractivity contribution is -0.712. The highest BCUT2D eigenvalue weighted by Crippen LogP contribution is 2.25.